The third kappa shape index (κ3) is 3.64. The van der Waals surface area contributed by atoms with E-state index in [0.717, 1.165) is 25.2 Å². The topological polar surface area (TPSA) is 32.3 Å². The maximum atomic E-state index is 12.0. The molecule has 1 saturated heterocycles. The van der Waals surface area contributed by atoms with Crippen LogP contribution in [0.4, 0.5) is 5.69 Å². The molecule has 0 bridgehead atoms. The maximum absolute atomic E-state index is 12.0. The summed E-state index contributed by atoms with van der Waals surface area (Å²) in [7, 11) is 0. The van der Waals surface area contributed by atoms with Crippen LogP contribution in [-0.4, -0.2) is 30.4 Å². The zero-order chi connectivity index (χ0) is 13.0. The summed E-state index contributed by atoms with van der Waals surface area (Å²) in [5.74, 6) is 0.787. The minimum absolute atomic E-state index is 0.168. The Morgan fingerprint density at radius 3 is 3.11 bits per heavy atom. The number of carbonyl (C=O) groups excluding carboxylic acids is 1. The molecule has 0 saturated carbocycles. The Labute approximate surface area is 113 Å². The van der Waals surface area contributed by atoms with Crippen molar-refractivity contribution < 1.29 is 4.79 Å². The average molecular weight is 267 g/mol. The van der Waals surface area contributed by atoms with Crippen LogP contribution >= 0.6 is 11.6 Å². The molecule has 4 heteroatoms. The third-order valence-corrected chi connectivity index (χ3v) is 3.51. The van der Waals surface area contributed by atoms with Gasteiger partial charge in [0, 0.05) is 23.8 Å². The number of hydrogen-bond donors (Lipinski definition) is 1. The molecular weight excluding hydrogens is 248 g/mol. The van der Waals surface area contributed by atoms with Gasteiger partial charge in [0.05, 0.1) is 6.54 Å². The molecule has 0 aliphatic carbocycles. The molecule has 1 amide bonds. The van der Waals surface area contributed by atoms with Gasteiger partial charge in [-0.1, -0.05) is 24.6 Å². The fourth-order valence-electron chi connectivity index (χ4n) is 2.30. The van der Waals surface area contributed by atoms with Crippen molar-refractivity contribution in [3.05, 3.63) is 29.3 Å². The second kappa shape index (κ2) is 6.10. The summed E-state index contributed by atoms with van der Waals surface area (Å²) >= 11 is 5.89. The van der Waals surface area contributed by atoms with Crippen molar-refractivity contribution in [2.45, 2.75) is 19.8 Å². The molecule has 1 aliphatic heterocycles. The van der Waals surface area contributed by atoms with Crippen molar-refractivity contribution in [3.8, 4) is 0 Å². The van der Waals surface area contributed by atoms with Crippen LogP contribution in [0.25, 0.3) is 0 Å². The van der Waals surface area contributed by atoms with E-state index in [-0.39, 0.29) is 5.91 Å². The second-order valence-electron chi connectivity index (χ2n) is 4.95. The lowest BCUT2D eigenvalue weighted by Gasteiger charge is -2.31. The number of piperidine rings is 1. The first-order chi connectivity index (χ1) is 8.65. The van der Waals surface area contributed by atoms with E-state index in [4.69, 9.17) is 11.6 Å². The van der Waals surface area contributed by atoms with Gasteiger partial charge in [0.25, 0.3) is 0 Å². The fourth-order valence-corrected chi connectivity index (χ4v) is 2.49. The molecule has 1 fully saturated rings. The Kier molecular flexibility index (Phi) is 4.48. The molecule has 0 aromatic heterocycles. The molecule has 0 spiro atoms. The van der Waals surface area contributed by atoms with Crippen molar-refractivity contribution in [2.75, 3.05) is 25.0 Å². The Hall–Kier alpha value is -1.22. The van der Waals surface area contributed by atoms with E-state index in [0.29, 0.717) is 17.5 Å². The van der Waals surface area contributed by atoms with Crippen molar-refractivity contribution in [2.24, 2.45) is 5.92 Å². The number of halogens is 1. The molecule has 1 unspecified atom stereocenters. The van der Waals surface area contributed by atoms with Gasteiger partial charge in [-0.15, -0.1) is 0 Å². The summed E-state index contributed by atoms with van der Waals surface area (Å²) < 4.78 is 0. The van der Waals surface area contributed by atoms with E-state index in [1.165, 1.54) is 6.42 Å². The molecule has 2 rings (SSSR count). The molecular formula is C14H19ClN2O. The van der Waals surface area contributed by atoms with Crippen LogP contribution in [0.15, 0.2) is 24.3 Å². The highest BCUT2D eigenvalue weighted by Gasteiger charge is 2.20. The molecule has 1 atom stereocenters. The Bertz CT molecular complexity index is 422. The van der Waals surface area contributed by atoms with Crippen LogP contribution in [0, 0.1) is 5.92 Å². The first-order valence-electron chi connectivity index (χ1n) is 6.42. The number of nitrogens with zero attached hydrogens (tertiary/aromatic N) is 1. The smallest absolute Gasteiger partial charge is 0.241 e. The predicted octanol–water partition coefficient (Wildman–Crippen LogP) is 3.01. The third-order valence-electron chi connectivity index (χ3n) is 3.28. The number of likely N-dealkylation sites (tertiary alicyclic amines) is 1. The highest BCUT2D eigenvalue weighted by Crippen LogP contribution is 2.17. The van der Waals surface area contributed by atoms with Gasteiger partial charge in [-0.25, -0.2) is 0 Å². The van der Waals surface area contributed by atoms with Gasteiger partial charge in [0.15, 0.2) is 0 Å². The van der Waals surface area contributed by atoms with Gasteiger partial charge >= 0.3 is 0 Å². The van der Waals surface area contributed by atoms with E-state index in [1.54, 1.807) is 0 Å². The van der Waals surface area contributed by atoms with Crippen LogP contribution in [0.1, 0.15) is 19.8 Å². The van der Waals surface area contributed by atoms with Crippen LogP contribution in [-0.2, 0) is 4.79 Å². The standard InChI is InChI=1S/C14H19ClN2O/c1-11-4-3-7-17(10-11)14(18)9-16-13-6-2-5-12(15)8-13/h2,5-6,8,11,16H,3-4,7,9-10H2,1H3. The zero-order valence-electron chi connectivity index (χ0n) is 10.7. The van der Waals surface area contributed by atoms with E-state index >= 15 is 0 Å². The lowest BCUT2D eigenvalue weighted by Crippen LogP contribution is -2.41. The molecule has 98 valence electrons. The molecule has 1 aliphatic rings. The Morgan fingerprint density at radius 2 is 2.39 bits per heavy atom. The Morgan fingerprint density at radius 1 is 1.56 bits per heavy atom. The van der Waals surface area contributed by atoms with Gasteiger partial charge in [-0.3, -0.25) is 4.79 Å². The van der Waals surface area contributed by atoms with Crippen molar-refractivity contribution >= 4 is 23.2 Å². The first kappa shape index (κ1) is 13.2. The number of benzene rings is 1. The highest BCUT2D eigenvalue weighted by atomic mass is 35.5. The van der Waals surface area contributed by atoms with Crippen molar-refractivity contribution in [3.63, 3.8) is 0 Å². The van der Waals surface area contributed by atoms with E-state index < -0.39 is 0 Å². The minimum Gasteiger partial charge on any atom is -0.376 e. The summed E-state index contributed by atoms with van der Waals surface area (Å²) in [6, 6.07) is 7.44. The number of carbonyl (C=O) groups is 1. The van der Waals surface area contributed by atoms with Crippen LogP contribution < -0.4 is 5.32 Å². The summed E-state index contributed by atoms with van der Waals surface area (Å²) in [6.07, 6.45) is 2.34. The average Bonchev–Trinajstić information content (AvgIpc) is 2.36. The van der Waals surface area contributed by atoms with Gasteiger partial charge < -0.3 is 10.2 Å². The largest absolute Gasteiger partial charge is 0.376 e. The lowest BCUT2D eigenvalue weighted by molar-refractivity contribution is -0.130. The lowest BCUT2D eigenvalue weighted by atomic mass is 10.0. The Balaban J connectivity index is 1.84. The number of rotatable bonds is 3. The molecule has 1 heterocycles. The summed E-state index contributed by atoms with van der Waals surface area (Å²) in [5.41, 5.74) is 0.890. The van der Waals surface area contributed by atoms with Crippen LogP contribution in [0.2, 0.25) is 5.02 Å². The monoisotopic (exact) mass is 266 g/mol. The van der Waals surface area contributed by atoms with Gasteiger partial charge in [0.2, 0.25) is 5.91 Å². The fraction of sp³-hybridized carbons (Fsp3) is 0.500. The quantitative estimate of drug-likeness (QED) is 0.912. The maximum Gasteiger partial charge on any atom is 0.241 e. The SMILES string of the molecule is CC1CCCN(C(=O)CNc2cccc(Cl)c2)C1. The molecule has 3 nitrogen and oxygen atoms in total. The predicted molar refractivity (Wildman–Crippen MR) is 74.9 cm³/mol. The van der Waals surface area contributed by atoms with Crippen molar-refractivity contribution in [1.29, 1.82) is 0 Å². The number of anilines is 1. The summed E-state index contributed by atoms with van der Waals surface area (Å²) in [4.78, 5) is 14.0. The highest BCUT2D eigenvalue weighted by molar-refractivity contribution is 6.30. The minimum atomic E-state index is 0.168. The van der Waals surface area contributed by atoms with Crippen molar-refractivity contribution in [1.82, 2.24) is 4.90 Å². The first-order valence-corrected chi connectivity index (χ1v) is 6.80. The van der Waals surface area contributed by atoms with E-state index in [1.807, 2.05) is 29.2 Å². The van der Waals surface area contributed by atoms with Gasteiger partial charge in [0.1, 0.15) is 0 Å². The summed E-state index contributed by atoms with van der Waals surface area (Å²) in [6.45, 7) is 4.31. The normalized spacial score (nSPS) is 19.7. The van der Waals surface area contributed by atoms with E-state index in [2.05, 4.69) is 12.2 Å². The van der Waals surface area contributed by atoms with Gasteiger partial charge in [-0.2, -0.15) is 0 Å². The molecule has 0 radical (unpaired) electrons. The number of nitrogens with one attached hydrogen (secondary N) is 1. The molecule has 1 N–H and O–H groups in total. The van der Waals surface area contributed by atoms with Crippen LogP contribution in [0.5, 0.6) is 0 Å². The number of hydrogen-bond acceptors (Lipinski definition) is 2. The van der Waals surface area contributed by atoms with Crippen LogP contribution in [0.3, 0.4) is 0 Å². The number of amides is 1. The zero-order valence-corrected chi connectivity index (χ0v) is 11.4. The molecule has 1 aromatic carbocycles. The van der Waals surface area contributed by atoms with E-state index in [9.17, 15) is 4.79 Å². The second-order valence-corrected chi connectivity index (χ2v) is 5.39. The molecule has 1 aromatic rings. The summed E-state index contributed by atoms with van der Waals surface area (Å²) in [5, 5.41) is 3.80. The van der Waals surface area contributed by atoms with Gasteiger partial charge in [-0.05, 0) is 37.0 Å². The molecule has 18 heavy (non-hydrogen) atoms.